The second-order valence-corrected chi connectivity index (χ2v) is 40.7. The lowest BCUT2D eigenvalue weighted by Gasteiger charge is -2.28. The van der Waals surface area contributed by atoms with Crippen molar-refractivity contribution in [2.75, 3.05) is 0 Å². The van der Waals surface area contributed by atoms with Crippen molar-refractivity contribution in [3.8, 4) is 56.3 Å². The minimum atomic E-state index is -0.0229. The van der Waals surface area contributed by atoms with E-state index in [1.165, 1.54) is 115 Å². The molecule has 10 heteroatoms. The van der Waals surface area contributed by atoms with Crippen LogP contribution < -0.4 is 22.8 Å². The zero-order valence-corrected chi connectivity index (χ0v) is 83.1. The van der Waals surface area contributed by atoms with Gasteiger partial charge in [0.25, 0.3) is 0 Å². The Morgan fingerprint density at radius 2 is 0.672 bits per heavy atom. The van der Waals surface area contributed by atoms with Crippen molar-refractivity contribution < 1.29 is 32.4 Å². The Morgan fingerprint density at radius 3 is 1.05 bits per heavy atom. The quantitative estimate of drug-likeness (QED) is 0.107. The second kappa shape index (κ2) is 38.8. The predicted molar refractivity (Wildman–Crippen MR) is 551 cm³/mol. The Balaban J connectivity index is 0.000000155. The standard InChI is InChI=1S/C26H31N2.C24H25N2.2C24H27N2.C23H25N2/c1-17-22(15-19(25(2,3)4)16-23(17)26(5,6)7)24-21-11-10-20(27-8)14-18(21)12-13-28(24)9;1-16-9-10-19(18-7-5-6-8-18)15-23(16)24-22-12-11-21(25-3)14-20(22)13-17(2)26(24)4;1-15-11-19(24(4,5)6)14-22(17(15)3)23-21-10-9-20(25-7)13-18(21)12-16(2)26(23)8;1-15(2)19-13-22(16(3)4)17(5)23(14-19)24-21-9-8-20(25-6)12-18(21)10-11-26(24)7;1-15-8-9-18(23(3,4)5)14-21(15)22-20-11-10-19(24-6)13-17(20)12-16(2)25(22)7/h10-16H,1-7,9H3;9-15,18H,5-8H2,1-2,4H3;9-14H,1-6,8H3;8-16H,1-5,7H3;8-14H,1-5,7H3/q5*+1/i12D,13D;13D;12D;10D,11D;12D. The molecule has 0 saturated heterocycles. The third-order valence-corrected chi connectivity index (χ3v) is 26.6. The summed E-state index contributed by atoms with van der Waals surface area (Å²) in [7, 11) is 9.82. The monoisotopic (exact) mass is 1740 g/mol. The van der Waals surface area contributed by atoms with Crippen LogP contribution in [-0.4, -0.2) is 0 Å². The summed E-state index contributed by atoms with van der Waals surface area (Å²) in [6.07, 6.45) is 5.54. The molecule has 10 aromatic carbocycles. The summed E-state index contributed by atoms with van der Waals surface area (Å²) in [5, 5.41) is 8.75. The summed E-state index contributed by atoms with van der Waals surface area (Å²) in [5.74, 6) is 1.47. The number of nitrogens with zero attached hydrogens (tertiary/aromatic N) is 10. The maximum Gasteiger partial charge on any atom is 0.220 e. The van der Waals surface area contributed by atoms with Gasteiger partial charge in [0, 0.05) is 62.1 Å². The van der Waals surface area contributed by atoms with Crippen molar-refractivity contribution in [1.29, 1.82) is 0 Å². The molecule has 16 rings (SSSR count). The molecule has 5 aromatic heterocycles. The van der Waals surface area contributed by atoms with Crippen LogP contribution in [0.4, 0.5) is 28.4 Å². The number of rotatable bonds is 8. The summed E-state index contributed by atoms with van der Waals surface area (Å²) in [4.78, 5) is 17.7. The van der Waals surface area contributed by atoms with Crippen LogP contribution in [0.5, 0.6) is 0 Å². The van der Waals surface area contributed by atoms with E-state index in [4.69, 9.17) is 42.5 Å². The molecule has 1 aliphatic carbocycles. The first kappa shape index (κ1) is 87.0. The molecule has 1 saturated carbocycles. The number of benzene rings is 10. The van der Waals surface area contributed by atoms with Crippen LogP contribution in [0.2, 0.25) is 0 Å². The van der Waals surface area contributed by atoms with Gasteiger partial charge < -0.3 is 0 Å². The summed E-state index contributed by atoms with van der Waals surface area (Å²) < 4.78 is 69.6. The van der Waals surface area contributed by atoms with E-state index in [-0.39, 0.29) is 46.1 Å². The van der Waals surface area contributed by atoms with Crippen molar-refractivity contribution >= 4 is 82.3 Å². The summed E-state index contributed by atoms with van der Waals surface area (Å²) in [6.45, 7) is 91.0. The maximum atomic E-state index is 8.57. The van der Waals surface area contributed by atoms with E-state index in [1.54, 1.807) is 28.8 Å². The largest absolute Gasteiger partial charge is 0.238 e. The van der Waals surface area contributed by atoms with Crippen molar-refractivity contribution in [3.63, 3.8) is 0 Å². The molecular weight excluding hydrogens is 1590 g/mol. The fourth-order valence-corrected chi connectivity index (χ4v) is 18.2. The van der Waals surface area contributed by atoms with E-state index >= 15 is 0 Å². The molecule has 0 radical (unpaired) electrons. The van der Waals surface area contributed by atoms with Crippen molar-refractivity contribution in [3.05, 3.63) is 353 Å². The van der Waals surface area contributed by atoms with Gasteiger partial charge >= 0.3 is 0 Å². The molecule has 1 fully saturated rings. The Bertz CT molecular complexity index is 7690. The molecule has 0 N–H and O–H groups in total. The highest BCUT2D eigenvalue weighted by Gasteiger charge is 2.32. The van der Waals surface area contributed by atoms with Gasteiger partial charge in [-0.25, -0.2) is 33.4 Å². The summed E-state index contributed by atoms with van der Waals surface area (Å²) in [5.41, 5.74) is 33.1. The molecule has 0 aliphatic heterocycles. The SMILES string of the molecule is [2H]c1c(C)[n+](C)c(-c2cc(C(C)(C)C)cc(C)c2C)c2ccc([N+]#[C-])cc12.[2H]c1c(C)[n+](C)c(-c2cc(C(C)(C)C)ccc2C)c2ccc([N+]#[C-])cc12.[2H]c1c(C)[n+](C)c(-c2cc(C3CCCC3)ccc2C)c2ccc([N+]#[C-])cc12.[2H]c1c([2H])[n+](C)c(-c2cc(C(C)(C)C)cc(C(C)(C)C)c2C)c2ccc([N+]#[C-])cc12.[2H]c1c([2H])[n+](C)c(-c2cc(C(C)C)cc(C(C)C)c2C)c2ccc([N+]#[C-])cc12. The zero-order valence-electron chi connectivity index (χ0n) is 90.1. The number of aromatic nitrogens is 5. The highest BCUT2D eigenvalue weighted by Crippen LogP contribution is 2.45. The predicted octanol–water partition coefficient (Wildman–Crippen LogP) is 31.3. The van der Waals surface area contributed by atoms with Crippen LogP contribution in [0.3, 0.4) is 0 Å². The van der Waals surface area contributed by atoms with Gasteiger partial charge in [-0.05, 0) is 254 Å². The number of fused-ring (bicyclic) bond motifs is 5. The van der Waals surface area contributed by atoms with Gasteiger partial charge in [-0.3, -0.25) is 0 Å². The van der Waals surface area contributed by atoms with E-state index in [2.05, 4.69) is 263 Å². The average molecular weight is 1740 g/mol. The highest BCUT2D eigenvalue weighted by atomic mass is 15.0. The number of pyridine rings is 5. The third-order valence-electron chi connectivity index (χ3n) is 26.6. The Labute approximate surface area is 792 Å². The molecule has 1 aliphatic rings. The van der Waals surface area contributed by atoms with Gasteiger partial charge in [0.15, 0.2) is 57.9 Å². The lowest BCUT2D eigenvalue weighted by atomic mass is 9.76. The van der Waals surface area contributed by atoms with Crippen LogP contribution in [0.25, 0.3) is 134 Å². The fraction of sp³-hybridized carbons (Fsp3) is 0.339. The first-order valence-electron chi connectivity index (χ1n) is 49.3. The zero-order chi connectivity index (χ0) is 102. The lowest BCUT2D eigenvalue weighted by Crippen LogP contribution is -2.35. The first-order chi connectivity index (χ1) is 64.6. The molecule has 0 amide bonds. The van der Waals surface area contributed by atoms with Crippen LogP contribution in [0.1, 0.15) is 253 Å². The maximum absolute atomic E-state index is 8.57. The van der Waals surface area contributed by atoms with Crippen LogP contribution in [0, 0.1) is 95.2 Å². The molecule has 15 aromatic rings. The molecular formula is C121H135N10+5. The number of hydrogen-bond acceptors (Lipinski definition) is 0. The molecule has 5 heterocycles. The third kappa shape index (κ3) is 20.6. The van der Waals surface area contributed by atoms with E-state index in [1.807, 2.05) is 127 Å². The Morgan fingerprint density at radius 1 is 0.328 bits per heavy atom. The van der Waals surface area contributed by atoms with Gasteiger partial charge in [-0.15, -0.1) is 0 Å². The normalized spacial score (nSPS) is 13.0. The Kier molecular flexibility index (Phi) is 25.8. The highest BCUT2D eigenvalue weighted by molar-refractivity contribution is 6.00. The van der Waals surface area contributed by atoms with Crippen molar-refractivity contribution in [2.45, 2.75) is 238 Å². The van der Waals surface area contributed by atoms with Crippen molar-refractivity contribution in [2.24, 2.45) is 35.2 Å². The minimum absolute atomic E-state index is 0.0206. The molecule has 664 valence electrons. The second-order valence-electron chi connectivity index (χ2n) is 40.7. The molecule has 131 heavy (non-hydrogen) atoms. The molecule has 0 unspecified atom stereocenters. The molecule has 0 spiro atoms. The van der Waals surface area contributed by atoms with Crippen LogP contribution in [0.15, 0.2) is 206 Å². The first-order valence-corrected chi connectivity index (χ1v) is 45.8. The number of hydrogen-bond donors (Lipinski definition) is 0. The number of aryl methyl sites for hydroxylation is 3. The molecule has 0 bridgehead atoms. The van der Waals surface area contributed by atoms with E-state index in [9.17, 15) is 0 Å². The van der Waals surface area contributed by atoms with Gasteiger partial charge in [-0.1, -0.05) is 227 Å². The summed E-state index contributed by atoms with van der Waals surface area (Å²) >= 11 is 0. The fourth-order valence-electron chi connectivity index (χ4n) is 18.2. The van der Waals surface area contributed by atoms with Crippen LogP contribution in [-0.2, 0) is 56.9 Å². The summed E-state index contributed by atoms with van der Waals surface area (Å²) in [6, 6.07) is 57.0. The van der Waals surface area contributed by atoms with E-state index < -0.39 is 0 Å². The van der Waals surface area contributed by atoms with Gasteiger partial charge in [0.05, 0.1) is 83.3 Å². The van der Waals surface area contributed by atoms with Crippen molar-refractivity contribution in [1.82, 2.24) is 0 Å². The molecule has 10 nitrogen and oxygen atoms in total. The lowest BCUT2D eigenvalue weighted by molar-refractivity contribution is -0.665. The van der Waals surface area contributed by atoms with Gasteiger partial charge in [0.2, 0.25) is 28.5 Å². The molecule has 0 atom stereocenters. The van der Waals surface area contributed by atoms with E-state index in [0.29, 0.717) is 75.1 Å². The van der Waals surface area contributed by atoms with Crippen LogP contribution >= 0.6 is 0 Å². The smallest absolute Gasteiger partial charge is 0.220 e. The minimum Gasteiger partial charge on any atom is -0.238 e. The van der Waals surface area contributed by atoms with E-state index in [0.717, 1.165) is 99.8 Å². The van der Waals surface area contributed by atoms with Gasteiger partial charge in [-0.2, -0.15) is 13.7 Å². The van der Waals surface area contributed by atoms with Gasteiger partial charge in [0.1, 0.15) is 38.0 Å². The Hall–Kier alpha value is -13.3. The average Bonchev–Trinajstić information content (AvgIpc) is 0.656. The topological polar surface area (TPSA) is 41.2 Å².